The first-order chi connectivity index (χ1) is 10.3. The summed E-state index contributed by atoms with van der Waals surface area (Å²) in [7, 11) is 2.02. The number of hydrogen-bond donors (Lipinski definition) is 2. The van der Waals surface area contributed by atoms with Crippen molar-refractivity contribution in [3.8, 4) is 0 Å². The Bertz CT molecular complexity index is 653. The molecule has 1 aromatic carbocycles. The molecule has 0 aliphatic rings. The van der Waals surface area contributed by atoms with Crippen molar-refractivity contribution in [3.63, 3.8) is 0 Å². The van der Waals surface area contributed by atoms with Gasteiger partial charge < -0.3 is 15.0 Å². The third-order valence-corrected chi connectivity index (χ3v) is 4.04. The van der Waals surface area contributed by atoms with Gasteiger partial charge >= 0.3 is 5.97 Å². The van der Waals surface area contributed by atoms with Crippen LogP contribution in [0, 0.1) is 5.41 Å². The quantitative estimate of drug-likeness (QED) is 0.858. The molecule has 2 aromatic rings. The van der Waals surface area contributed by atoms with Gasteiger partial charge in [-0.25, -0.2) is 0 Å². The standard InChI is InChI=1S/C18H26N2O2/c1-18(2,3)10-8-15(17(21)22)19-12-13-6-5-7-16-14(13)9-11-20(16)4/h5-7,9,11,15,19H,8,10,12H2,1-4H3,(H,21,22). The number of rotatable bonds is 6. The molecule has 0 amide bonds. The van der Waals surface area contributed by atoms with Crippen LogP contribution in [-0.2, 0) is 18.4 Å². The molecule has 0 bridgehead atoms. The van der Waals surface area contributed by atoms with Gasteiger partial charge in [-0.05, 0) is 36.0 Å². The van der Waals surface area contributed by atoms with E-state index < -0.39 is 12.0 Å². The van der Waals surface area contributed by atoms with Crippen molar-refractivity contribution in [2.45, 2.75) is 46.2 Å². The first-order valence-electron chi connectivity index (χ1n) is 7.77. The second-order valence-electron chi connectivity index (χ2n) is 7.15. The van der Waals surface area contributed by atoms with Crippen LogP contribution in [0.5, 0.6) is 0 Å². The van der Waals surface area contributed by atoms with Crippen LogP contribution in [0.15, 0.2) is 30.5 Å². The minimum Gasteiger partial charge on any atom is -0.480 e. The van der Waals surface area contributed by atoms with Gasteiger partial charge in [0.05, 0.1) is 0 Å². The highest BCUT2D eigenvalue weighted by molar-refractivity contribution is 5.83. The molecule has 1 atom stereocenters. The summed E-state index contributed by atoms with van der Waals surface area (Å²) in [6, 6.07) is 7.73. The number of benzene rings is 1. The van der Waals surface area contributed by atoms with Crippen LogP contribution in [0.1, 0.15) is 39.2 Å². The zero-order chi connectivity index (χ0) is 16.3. The predicted octanol–water partition coefficient (Wildman–Crippen LogP) is 3.55. The van der Waals surface area contributed by atoms with E-state index in [9.17, 15) is 9.90 Å². The smallest absolute Gasteiger partial charge is 0.320 e. The number of hydrogen-bond acceptors (Lipinski definition) is 2. The van der Waals surface area contributed by atoms with Gasteiger partial charge in [0.25, 0.3) is 0 Å². The molecule has 0 aliphatic carbocycles. The van der Waals surface area contributed by atoms with Crippen molar-refractivity contribution in [3.05, 3.63) is 36.0 Å². The fourth-order valence-electron chi connectivity index (χ4n) is 2.64. The summed E-state index contributed by atoms with van der Waals surface area (Å²) >= 11 is 0. The van der Waals surface area contributed by atoms with Gasteiger partial charge in [-0.15, -0.1) is 0 Å². The van der Waals surface area contributed by atoms with Crippen molar-refractivity contribution >= 4 is 16.9 Å². The van der Waals surface area contributed by atoms with E-state index in [2.05, 4.69) is 48.9 Å². The van der Waals surface area contributed by atoms with Crippen LogP contribution in [0.4, 0.5) is 0 Å². The average Bonchev–Trinajstić information content (AvgIpc) is 2.80. The van der Waals surface area contributed by atoms with E-state index in [4.69, 9.17) is 0 Å². The van der Waals surface area contributed by atoms with Crippen molar-refractivity contribution in [1.29, 1.82) is 0 Å². The molecule has 0 saturated carbocycles. The lowest BCUT2D eigenvalue weighted by molar-refractivity contribution is -0.139. The normalized spacial score (nSPS) is 13.5. The maximum atomic E-state index is 11.4. The Kier molecular flexibility index (Phi) is 4.91. The third kappa shape index (κ3) is 4.10. The Labute approximate surface area is 132 Å². The summed E-state index contributed by atoms with van der Waals surface area (Å²) in [6.45, 7) is 6.98. The Morgan fingerprint density at radius 1 is 1.32 bits per heavy atom. The third-order valence-electron chi connectivity index (χ3n) is 4.04. The lowest BCUT2D eigenvalue weighted by Gasteiger charge is -2.21. The maximum absolute atomic E-state index is 11.4. The molecule has 0 aliphatic heterocycles. The summed E-state index contributed by atoms with van der Waals surface area (Å²) in [5, 5.41) is 13.8. The minimum absolute atomic E-state index is 0.148. The van der Waals surface area contributed by atoms with Gasteiger partial charge in [0.2, 0.25) is 0 Å². The van der Waals surface area contributed by atoms with Gasteiger partial charge in [-0.2, -0.15) is 0 Å². The molecule has 4 nitrogen and oxygen atoms in total. The molecule has 0 radical (unpaired) electrons. The number of nitrogens with one attached hydrogen (secondary N) is 1. The first-order valence-corrected chi connectivity index (χ1v) is 7.77. The summed E-state index contributed by atoms with van der Waals surface area (Å²) in [6.07, 6.45) is 3.55. The number of nitrogens with zero attached hydrogens (tertiary/aromatic N) is 1. The SMILES string of the molecule is Cn1ccc2c(CNC(CCC(C)(C)C)C(=O)O)cccc21. The highest BCUT2D eigenvalue weighted by atomic mass is 16.4. The highest BCUT2D eigenvalue weighted by Gasteiger charge is 2.20. The molecule has 2 N–H and O–H groups in total. The lowest BCUT2D eigenvalue weighted by atomic mass is 9.88. The highest BCUT2D eigenvalue weighted by Crippen LogP contribution is 2.23. The molecular formula is C18H26N2O2. The first kappa shape index (κ1) is 16.6. The van der Waals surface area contributed by atoms with E-state index in [1.807, 2.05) is 19.3 Å². The van der Waals surface area contributed by atoms with Gasteiger partial charge in [0, 0.05) is 30.7 Å². The van der Waals surface area contributed by atoms with Crippen LogP contribution in [-0.4, -0.2) is 21.7 Å². The van der Waals surface area contributed by atoms with E-state index in [1.54, 1.807) is 0 Å². The van der Waals surface area contributed by atoms with Crippen LogP contribution in [0.2, 0.25) is 0 Å². The molecule has 1 heterocycles. The minimum atomic E-state index is -0.774. The number of carboxylic acids is 1. The van der Waals surface area contributed by atoms with Crippen molar-refractivity contribution in [1.82, 2.24) is 9.88 Å². The van der Waals surface area contributed by atoms with Gasteiger partial charge in [0.15, 0.2) is 0 Å². The molecule has 120 valence electrons. The van der Waals surface area contributed by atoms with Crippen LogP contribution in [0.3, 0.4) is 0 Å². The van der Waals surface area contributed by atoms with E-state index in [-0.39, 0.29) is 5.41 Å². The van der Waals surface area contributed by atoms with E-state index in [1.165, 1.54) is 10.9 Å². The van der Waals surface area contributed by atoms with Crippen molar-refractivity contribution in [2.24, 2.45) is 12.5 Å². The molecule has 4 heteroatoms. The molecule has 2 rings (SSSR count). The fourth-order valence-corrected chi connectivity index (χ4v) is 2.64. The molecule has 1 unspecified atom stereocenters. The second kappa shape index (κ2) is 6.53. The molecule has 0 saturated heterocycles. The van der Waals surface area contributed by atoms with E-state index in [0.29, 0.717) is 13.0 Å². The van der Waals surface area contributed by atoms with Crippen LogP contribution in [0.25, 0.3) is 10.9 Å². The molecule has 1 aromatic heterocycles. The number of carbonyl (C=O) groups is 1. The lowest BCUT2D eigenvalue weighted by Crippen LogP contribution is -2.37. The zero-order valence-corrected chi connectivity index (χ0v) is 13.9. The predicted molar refractivity (Wildman–Crippen MR) is 89.9 cm³/mol. The van der Waals surface area contributed by atoms with Crippen molar-refractivity contribution < 1.29 is 9.90 Å². The number of carboxylic acid groups (broad SMARTS) is 1. The number of fused-ring (bicyclic) bond motifs is 1. The molecular weight excluding hydrogens is 276 g/mol. The van der Waals surface area contributed by atoms with Crippen LogP contribution >= 0.6 is 0 Å². The summed E-state index contributed by atoms with van der Waals surface area (Å²) in [4.78, 5) is 11.4. The van der Waals surface area contributed by atoms with Crippen LogP contribution < -0.4 is 5.32 Å². The van der Waals surface area contributed by atoms with E-state index >= 15 is 0 Å². The van der Waals surface area contributed by atoms with Crippen molar-refractivity contribution in [2.75, 3.05) is 0 Å². The van der Waals surface area contributed by atoms with Gasteiger partial charge in [-0.3, -0.25) is 4.79 Å². The Morgan fingerprint density at radius 3 is 2.68 bits per heavy atom. The Balaban J connectivity index is 2.06. The Hall–Kier alpha value is -1.81. The summed E-state index contributed by atoms with van der Waals surface area (Å²) in [5.41, 5.74) is 2.45. The molecule has 22 heavy (non-hydrogen) atoms. The van der Waals surface area contributed by atoms with E-state index in [0.717, 1.165) is 12.0 Å². The number of aliphatic carboxylic acids is 1. The number of aromatic nitrogens is 1. The summed E-state index contributed by atoms with van der Waals surface area (Å²) < 4.78 is 2.08. The second-order valence-corrected chi connectivity index (χ2v) is 7.15. The fraction of sp³-hybridized carbons (Fsp3) is 0.500. The maximum Gasteiger partial charge on any atom is 0.320 e. The molecule has 0 fully saturated rings. The summed E-state index contributed by atoms with van der Waals surface area (Å²) in [5.74, 6) is -0.774. The monoisotopic (exact) mass is 302 g/mol. The topological polar surface area (TPSA) is 54.3 Å². The Morgan fingerprint density at radius 2 is 2.05 bits per heavy atom. The van der Waals surface area contributed by atoms with Gasteiger partial charge in [-0.1, -0.05) is 32.9 Å². The zero-order valence-electron chi connectivity index (χ0n) is 13.9. The molecule has 0 spiro atoms. The largest absolute Gasteiger partial charge is 0.480 e. The average molecular weight is 302 g/mol. The van der Waals surface area contributed by atoms with Gasteiger partial charge in [0.1, 0.15) is 6.04 Å². The number of aryl methyl sites for hydroxylation is 1.